The summed E-state index contributed by atoms with van der Waals surface area (Å²) in [6.45, 7) is 3.96. The van der Waals surface area contributed by atoms with Gasteiger partial charge in [0.1, 0.15) is 17.6 Å². The fraction of sp³-hybridized carbons (Fsp3) is 0.296. The molecule has 0 aromatic heterocycles. The number of hydrogen-bond donors (Lipinski definition) is 1. The van der Waals surface area contributed by atoms with Crippen molar-refractivity contribution in [1.82, 2.24) is 9.62 Å². The average molecular weight is 512 g/mol. The number of sulfonamides is 1. The lowest BCUT2D eigenvalue weighted by Crippen LogP contribution is -2.55. The van der Waals surface area contributed by atoms with E-state index in [-0.39, 0.29) is 23.0 Å². The minimum absolute atomic E-state index is 0.0567. The molecule has 4 rings (SSSR count). The van der Waals surface area contributed by atoms with Gasteiger partial charge in [-0.3, -0.25) is 4.79 Å². The van der Waals surface area contributed by atoms with Gasteiger partial charge in [-0.05, 0) is 55.3 Å². The lowest BCUT2D eigenvalue weighted by atomic mass is 10.1. The van der Waals surface area contributed by atoms with Gasteiger partial charge in [-0.15, -0.1) is 0 Å². The summed E-state index contributed by atoms with van der Waals surface area (Å²) in [6, 6.07) is 21.0. The number of amides is 1. The Bertz CT molecular complexity index is 1260. The monoisotopic (exact) mass is 511 g/mol. The molecule has 1 aliphatic rings. The van der Waals surface area contributed by atoms with Crippen LogP contribution in [0.4, 0.5) is 10.1 Å². The van der Waals surface area contributed by atoms with E-state index in [0.29, 0.717) is 44.2 Å². The highest BCUT2D eigenvalue weighted by molar-refractivity contribution is 7.89. The minimum atomic E-state index is -3.97. The molecule has 0 bridgehead atoms. The molecular weight excluding hydrogens is 481 g/mol. The molecule has 1 N–H and O–H groups in total. The Hall–Kier alpha value is -3.43. The molecule has 7 nitrogen and oxygen atoms in total. The third-order valence-corrected chi connectivity index (χ3v) is 7.60. The Kier molecular flexibility index (Phi) is 8.22. The normalized spacial score (nSPS) is 14.9. The summed E-state index contributed by atoms with van der Waals surface area (Å²) in [5.74, 6) is -0.0371. The van der Waals surface area contributed by atoms with Crippen LogP contribution in [-0.4, -0.2) is 58.1 Å². The van der Waals surface area contributed by atoms with Crippen molar-refractivity contribution in [2.24, 2.45) is 0 Å². The van der Waals surface area contributed by atoms with E-state index in [0.717, 1.165) is 5.56 Å². The number of nitrogens with zero attached hydrogens (tertiary/aromatic N) is 2. The van der Waals surface area contributed by atoms with Crippen LogP contribution in [0.2, 0.25) is 0 Å². The molecule has 3 aromatic rings. The predicted molar refractivity (Wildman–Crippen MR) is 137 cm³/mol. The van der Waals surface area contributed by atoms with E-state index in [1.165, 1.54) is 18.2 Å². The van der Waals surface area contributed by atoms with Gasteiger partial charge in [-0.2, -0.15) is 4.72 Å². The molecule has 0 aliphatic carbocycles. The number of anilines is 1. The summed E-state index contributed by atoms with van der Waals surface area (Å²) in [4.78, 5) is 17.1. The minimum Gasteiger partial charge on any atom is -0.494 e. The third-order valence-electron chi connectivity index (χ3n) is 6.11. The first kappa shape index (κ1) is 25.7. The van der Waals surface area contributed by atoms with E-state index in [1.807, 2.05) is 42.2 Å². The van der Waals surface area contributed by atoms with Crippen LogP contribution in [0.3, 0.4) is 0 Å². The van der Waals surface area contributed by atoms with Gasteiger partial charge in [0.15, 0.2) is 0 Å². The first-order valence-electron chi connectivity index (χ1n) is 11.9. The number of halogens is 1. The second-order valence-corrected chi connectivity index (χ2v) is 10.2. The van der Waals surface area contributed by atoms with Gasteiger partial charge in [0, 0.05) is 26.2 Å². The summed E-state index contributed by atoms with van der Waals surface area (Å²) in [5.41, 5.74) is 1.34. The largest absolute Gasteiger partial charge is 0.494 e. The molecule has 0 saturated carbocycles. The van der Waals surface area contributed by atoms with E-state index < -0.39 is 16.1 Å². The van der Waals surface area contributed by atoms with Gasteiger partial charge in [0.05, 0.1) is 17.2 Å². The molecule has 1 heterocycles. The maximum Gasteiger partial charge on any atom is 0.241 e. The smallest absolute Gasteiger partial charge is 0.241 e. The van der Waals surface area contributed by atoms with Gasteiger partial charge in [-0.25, -0.2) is 12.8 Å². The number of rotatable bonds is 9. The molecular formula is C27H30FN3O4S. The van der Waals surface area contributed by atoms with Crippen LogP contribution >= 0.6 is 0 Å². The lowest BCUT2D eigenvalue weighted by molar-refractivity contribution is -0.133. The van der Waals surface area contributed by atoms with Crippen molar-refractivity contribution in [1.29, 1.82) is 0 Å². The number of para-hydroxylation sites is 1. The Morgan fingerprint density at radius 1 is 0.944 bits per heavy atom. The zero-order valence-corrected chi connectivity index (χ0v) is 21.0. The van der Waals surface area contributed by atoms with Crippen molar-refractivity contribution < 1.29 is 22.3 Å². The highest BCUT2D eigenvalue weighted by Crippen LogP contribution is 2.21. The van der Waals surface area contributed by atoms with Crippen LogP contribution in [0.25, 0.3) is 0 Å². The second kappa shape index (κ2) is 11.5. The van der Waals surface area contributed by atoms with Gasteiger partial charge >= 0.3 is 0 Å². The highest BCUT2D eigenvalue weighted by Gasteiger charge is 2.31. The van der Waals surface area contributed by atoms with Crippen LogP contribution in [-0.2, 0) is 21.2 Å². The van der Waals surface area contributed by atoms with Gasteiger partial charge in [0.25, 0.3) is 0 Å². The molecule has 1 fully saturated rings. The molecule has 9 heteroatoms. The number of nitrogens with one attached hydrogen (secondary N) is 1. The molecule has 1 aliphatic heterocycles. The Morgan fingerprint density at radius 2 is 1.58 bits per heavy atom. The SMILES string of the molecule is CCOc1ccc(S(=O)(=O)N[C@@H](Cc2ccccc2)C(=O)N2CCN(c3ccccc3F)CC2)cc1. The summed E-state index contributed by atoms with van der Waals surface area (Å²) >= 11 is 0. The maximum atomic E-state index is 14.2. The van der Waals surface area contributed by atoms with E-state index in [9.17, 15) is 17.6 Å². The Labute approximate surface area is 211 Å². The average Bonchev–Trinajstić information content (AvgIpc) is 2.89. The first-order chi connectivity index (χ1) is 17.4. The highest BCUT2D eigenvalue weighted by atomic mass is 32.2. The molecule has 1 saturated heterocycles. The molecule has 36 heavy (non-hydrogen) atoms. The fourth-order valence-electron chi connectivity index (χ4n) is 4.26. The first-order valence-corrected chi connectivity index (χ1v) is 13.4. The summed E-state index contributed by atoms with van der Waals surface area (Å²) in [6.07, 6.45) is 0.212. The van der Waals surface area contributed by atoms with Crippen molar-refractivity contribution >= 4 is 21.6 Å². The van der Waals surface area contributed by atoms with E-state index in [1.54, 1.807) is 35.2 Å². The Morgan fingerprint density at radius 3 is 2.22 bits per heavy atom. The Balaban J connectivity index is 1.50. The topological polar surface area (TPSA) is 78.9 Å². The lowest BCUT2D eigenvalue weighted by Gasteiger charge is -2.37. The number of carbonyl (C=O) groups excluding carboxylic acids is 1. The second-order valence-electron chi connectivity index (χ2n) is 8.53. The zero-order chi connectivity index (χ0) is 25.5. The number of hydrogen-bond acceptors (Lipinski definition) is 5. The summed E-state index contributed by atoms with van der Waals surface area (Å²) in [7, 11) is -3.97. The van der Waals surface area contributed by atoms with E-state index >= 15 is 0 Å². The molecule has 0 unspecified atom stereocenters. The van der Waals surface area contributed by atoms with Crippen LogP contribution in [0.15, 0.2) is 83.8 Å². The standard InChI is InChI=1S/C27H30FN3O4S/c1-2-35-22-12-14-23(15-13-22)36(33,34)29-25(20-21-8-4-3-5-9-21)27(32)31-18-16-30(17-19-31)26-11-7-6-10-24(26)28/h3-15,25,29H,2,16-20H2,1H3/t25-/m0/s1. The number of benzene rings is 3. The van der Waals surface area contributed by atoms with Crippen molar-refractivity contribution in [3.63, 3.8) is 0 Å². The van der Waals surface area contributed by atoms with Crippen LogP contribution < -0.4 is 14.4 Å². The van der Waals surface area contributed by atoms with Crippen molar-refractivity contribution in [3.8, 4) is 5.75 Å². The van der Waals surface area contributed by atoms with Crippen LogP contribution in [0, 0.1) is 5.82 Å². The summed E-state index contributed by atoms with van der Waals surface area (Å²) < 4.78 is 48.6. The quantitative estimate of drug-likeness (QED) is 0.476. The van der Waals surface area contributed by atoms with Crippen molar-refractivity contribution in [3.05, 3.63) is 90.2 Å². The predicted octanol–water partition coefficient (Wildman–Crippen LogP) is 3.46. The molecule has 0 radical (unpaired) electrons. The van der Waals surface area contributed by atoms with E-state index in [2.05, 4.69) is 4.72 Å². The van der Waals surface area contributed by atoms with Crippen LogP contribution in [0.5, 0.6) is 5.75 Å². The van der Waals surface area contributed by atoms with Crippen molar-refractivity contribution in [2.75, 3.05) is 37.7 Å². The zero-order valence-electron chi connectivity index (χ0n) is 20.1. The van der Waals surface area contributed by atoms with E-state index in [4.69, 9.17) is 4.74 Å². The molecule has 3 aromatic carbocycles. The molecule has 1 atom stereocenters. The maximum absolute atomic E-state index is 14.2. The van der Waals surface area contributed by atoms with Gasteiger partial charge < -0.3 is 14.5 Å². The molecule has 1 amide bonds. The number of piperazine rings is 1. The fourth-order valence-corrected chi connectivity index (χ4v) is 5.45. The number of ether oxygens (including phenoxy) is 1. The third kappa shape index (κ3) is 6.22. The summed E-state index contributed by atoms with van der Waals surface area (Å²) in [5, 5.41) is 0. The molecule has 0 spiro atoms. The molecule has 190 valence electrons. The van der Waals surface area contributed by atoms with Gasteiger partial charge in [0.2, 0.25) is 15.9 Å². The van der Waals surface area contributed by atoms with Crippen LogP contribution in [0.1, 0.15) is 12.5 Å². The number of carbonyl (C=O) groups is 1. The van der Waals surface area contributed by atoms with Crippen molar-refractivity contribution in [2.45, 2.75) is 24.3 Å². The van der Waals surface area contributed by atoms with Gasteiger partial charge in [-0.1, -0.05) is 42.5 Å².